The fourth-order valence-electron chi connectivity index (χ4n) is 4.55. The number of aromatic nitrogens is 2. The Labute approximate surface area is 218 Å². The van der Waals surface area contributed by atoms with Crippen LogP contribution in [0.15, 0.2) is 73.1 Å². The molecule has 3 heterocycles. The lowest BCUT2D eigenvalue weighted by molar-refractivity contribution is -0.125. The van der Waals surface area contributed by atoms with Crippen molar-refractivity contribution in [3.05, 3.63) is 83.5 Å². The molecule has 0 saturated carbocycles. The first-order valence-corrected chi connectivity index (χ1v) is 12.7. The number of nitrogens with zero attached hydrogens (tertiary/aromatic N) is 2. The summed E-state index contributed by atoms with van der Waals surface area (Å²) >= 11 is 1.29. The van der Waals surface area contributed by atoms with Crippen molar-refractivity contribution in [2.24, 2.45) is 0 Å². The van der Waals surface area contributed by atoms with Gasteiger partial charge in [-0.25, -0.2) is 14.8 Å². The van der Waals surface area contributed by atoms with Gasteiger partial charge in [-0.2, -0.15) is 0 Å². The van der Waals surface area contributed by atoms with Gasteiger partial charge >= 0.3 is 5.97 Å². The Morgan fingerprint density at radius 3 is 2.30 bits per heavy atom. The summed E-state index contributed by atoms with van der Waals surface area (Å²) in [6.45, 7) is 0.924. The van der Waals surface area contributed by atoms with E-state index >= 15 is 0 Å². The Hall–Kier alpha value is -4.08. The quantitative estimate of drug-likeness (QED) is 0.351. The number of methoxy groups -OCH3 is 1. The van der Waals surface area contributed by atoms with Gasteiger partial charge in [0.15, 0.2) is 0 Å². The molecule has 2 aromatic carbocycles. The number of hydrogen-bond acceptors (Lipinski definition) is 8. The van der Waals surface area contributed by atoms with Crippen LogP contribution in [0, 0.1) is 0 Å². The van der Waals surface area contributed by atoms with Crippen LogP contribution in [0.4, 0.5) is 11.6 Å². The van der Waals surface area contributed by atoms with Crippen molar-refractivity contribution in [2.45, 2.75) is 18.3 Å². The van der Waals surface area contributed by atoms with Crippen LogP contribution in [0.25, 0.3) is 21.6 Å². The zero-order valence-electron chi connectivity index (χ0n) is 20.3. The normalized spacial score (nSPS) is 14.6. The van der Waals surface area contributed by atoms with E-state index in [9.17, 15) is 9.59 Å². The molecule has 9 heteroatoms. The fourth-order valence-corrected chi connectivity index (χ4v) is 5.59. The Balaban J connectivity index is 1.47. The molecular weight excluding hydrogens is 488 g/mol. The highest BCUT2D eigenvalue weighted by atomic mass is 32.1. The second-order valence-electron chi connectivity index (χ2n) is 8.77. The molecule has 188 valence electrons. The number of nitrogens with two attached hydrogens (primary N) is 1. The van der Waals surface area contributed by atoms with Gasteiger partial charge in [0.1, 0.15) is 4.88 Å². The molecule has 1 aliphatic rings. The second kappa shape index (κ2) is 10.5. The third-order valence-electron chi connectivity index (χ3n) is 6.63. The van der Waals surface area contributed by atoms with Gasteiger partial charge in [0.25, 0.3) is 0 Å². The maximum Gasteiger partial charge on any atom is 0.350 e. The first-order valence-electron chi connectivity index (χ1n) is 11.9. The van der Waals surface area contributed by atoms with Crippen molar-refractivity contribution in [1.29, 1.82) is 0 Å². The number of esters is 1. The molecule has 8 nitrogen and oxygen atoms in total. The topological polar surface area (TPSA) is 116 Å². The number of ether oxygens (including phenoxy) is 2. The second-order valence-corrected chi connectivity index (χ2v) is 9.82. The number of carbonyl (C=O) groups excluding carboxylic acids is 2. The molecular formula is C28H26N4O4S. The predicted molar refractivity (Wildman–Crippen MR) is 143 cm³/mol. The zero-order chi connectivity index (χ0) is 25.8. The van der Waals surface area contributed by atoms with E-state index < -0.39 is 11.4 Å². The molecule has 0 spiro atoms. The van der Waals surface area contributed by atoms with E-state index in [-0.39, 0.29) is 11.9 Å². The molecule has 4 aromatic rings. The van der Waals surface area contributed by atoms with Crippen molar-refractivity contribution in [3.8, 4) is 21.6 Å². The standard InChI is InChI=1S/C28H26N4O4S/c1-35-25(33)24-22(15-23(37-24)19-5-3-2-4-6-19)32-26(34)28(11-13-36-14-12-28)21-9-7-18(8-10-21)20-16-30-27(29)31-17-20/h2-10,15-17H,11-14H2,1H3,(H,32,34)(H2,29,30,31). The maximum atomic E-state index is 13.9. The minimum absolute atomic E-state index is 0.179. The smallest absolute Gasteiger partial charge is 0.350 e. The highest BCUT2D eigenvalue weighted by Gasteiger charge is 2.42. The highest BCUT2D eigenvalue weighted by molar-refractivity contribution is 7.18. The van der Waals surface area contributed by atoms with E-state index in [1.54, 1.807) is 12.4 Å². The molecule has 5 rings (SSSR count). The summed E-state index contributed by atoms with van der Waals surface area (Å²) in [7, 11) is 1.34. The summed E-state index contributed by atoms with van der Waals surface area (Å²) in [5.74, 6) is -0.450. The molecule has 1 amide bonds. The lowest BCUT2D eigenvalue weighted by Gasteiger charge is -2.36. The van der Waals surface area contributed by atoms with Crippen LogP contribution >= 0.6 is 11.3 Å². The van der Waals surface area contributed by atoms with Gasteiger partial charge in [0.2, 0.25) is 11.9 Å². The Kier molecular flexibility index (Phi) is 6.98. The van der Waals surface area contributed by atoms with Crippen LogP contribution in [-0.2, 0) is 19.7 Å². The number of amides is 1. The van der Waals surface area contributed by atoms with Crippen molar-refractivity contribution in [3.63, 3.8) is 0 Å². The summed E-state index contributed by atoms with van der Waals surface area (Å²) in [5.41, 5.74) is 8.84. The number of benzene rings is 2. The van der Waals surface area contributed by atoms with Gasteiger partial charge in [-0.15, -0.1) is 11.3 Å². The largest absolute Gasteiger partial charge is 0.465 e. The molecule has 1 fully saturated rings. The van der Waals surface area contributed by atoms with Crippen LogP contribution in [0.3, 0.4) is 0 Å². The van der Waals surface area contributed by atoms with E-state index in [2.05, 4.69) is 15.3 Å². The van der Waals surface area contributed by atoms with E-state index in [1.165, 1.54) is 18.4 Å². The predicted octanol–water partition coefficient (Wildman–Crippen LogP) is 4.93. The van der Waals surface area contributed by atoms with Crippen molar-refractivity contribution >= 4 is 34.8 Å². The molecule has 0 bridgehead atoms. The number of carbonyl (C=O) groups is 2. The number of hydrogen-bond donors (Lipinski definition) is 2. The van der Waals surface area contributed by atoms with Crippen molar-refractivity contribution in [2.75, 3.05) is 31.4 Å². The summed E-state index contributed by atoms with van der Waals surface area (Å²) < 4.78 is 10.6. The highest BCUT2D eigenvalue weighted by Crippen LogP contribution is 2.40. The van der Waals surface area contributed by atoms with E-state index in [4.69, 9.17) is 15.2 Å². The molecule has 2 aromatic heterocycles. The number of anilines is 2. The number of nitrogen functional groups attached to an aromatic ring is 1. The number of thiophene rings is 1. The molecule has 0 unspecified atom stereocenters. The maximum absolute atomic E-state index is 13.9. The summed E-state index contributed by atoms with van der Waals surface area (Å²) in [5, 5.41) is 3.06. The first-order chi connectivity index (χ1) is 18.0. The minimum Gasteiger partial charge on any atom is -0.465 e. The molecule has 1 aliphatic heterocycles. The van der Waals surface area contributed by atoms with E-state index in [0.717, 1.165) is 27.1 Å². The lowest BCUT2D eigenvalue weighted by atomic mass is 9.73. The summed E-state index contributed by atoms with van der Waals surface area (Å²) in [6.07, 6.45) is 4.38. The first kappa shape index (κ1) is 24.6. The average Bonchev–Trinajstić information content (AvgIpc) is 3.37. The third-order valence-corrected chi connectivity index (χ3v) is 7.80. The SMILES string of the molecule is COC(=O)c1sc(-c2ccccc2)cc1NC(=O)C1(c2ccc(-c3cnc(N)nc3)cc2)CCOCC1. The van der Waals surface area contributed by atoms with Crippen LogP contribution in [-0.4, -0.2) is 42.2 Å². The molecule has 0 radical (unpaired) electrons. The van der Waals surface area contributed by atoms with Crippen LogP contribution in [0.2, 0.25) is 0 Å². The van der Waals surface area contributed by atoms with Crippen molar-refractivity contribution in [1.82, 2.24) is 9.97 Å². The van der Waals surface area contributed by atoms with Gasteiger partial charge in [-0.1, -0.05) is 54.6 Å². The van der Waals surface area contributed by atoms with Gasteiger partial charge in [0, 0.05) is 36.0 Å². The molecule has 1 saturated heterocycles. The number of rotatable bonds is 6. The zero-order valence-corrected chi connectivity index (χ0v) is 21.1. The summed E-state index contributed by atoms with van der Waals surface area (Å²) in [4.78, 5) is 35.9. The van der Waals surface area contributed by atoms with E-state index in [0.29, 0.717) is 36.6 Å². The van der Waals surface area contributed by atoms with Crippen LogP contribution < -0.4 is 11.1 Å². The Morgan fingerprint density at radius 2 is 1.65 bits per heavy atom. The molecule has 3 N–H and O–H groups in total. The minimum atomic E-state index is -0.809. The Bertz CT molecular complexity index is 1400. The Morgan fingerprint density at radius 1 is 0.973 bits per heavy atom. The fraction of sp³-hybridized carbons (Fsp3) is 0.214. The molecule has 0 atom stereocenters. The third kappa shape index (κ3) is 4.96. The monoisotopic (exact) mass is 514 g/mol. The van der Waals surface area contributed by atoms with Gasteiger partial charge < -0.3 is 20.5 Å². The van der Waals surface area contributed by atoms with Crippen LogP contribution in [0.5, 0.6) is 0 Å². The summed E-state index contributed by atoms with van der Waals surface area (Å²) in [6, 6.07) is 19.4. The van der Waals surface area contributed by atoms with Gasteiger partial charge in [-0.3, -0.25) is 4.79 Å². The average molecular weight is 515 g/mol. The molecule has 0 aliphatic carbocycles. The van der Waals surface area contributed by atoms with Crippen LogP contribution in [0.1, 0.15) is 28.1 Å². The lowest BCUT2D eigenvalue weighted by Crippen LogP contribution is -2.45. The number of nitrogens with one attached hydrogen (secondary N) is 1. The van der Waals surface area contributed by atoms with Crippen molar-refractivity contribution < 1.29 is 19.1 Å². The van der Waals surface area contributed by atoms with Gasteiger partial charge in [0.05, 0.1) is 18.2 Å². The van der Waals surface area contributed by atoms with E-state index in [1.807, 2.05) is 60.7 Å². The van der Waals surface area contributed by atoms with Gasteiger partial charge in [-0.05, 0) is 35.6 Å². The molecule has 37 heavy (non-hydrogen) atoms.